The first kappa shape index (κ1) is 19.9. The van der Waals surface area contributed by atoms with Gasteiger partial charge in [-0.1, -0.05) is 6.07 Å². The maximum Gasteiger partial charge on any atom is 0.171 e. The highest BCUT2D eigenvalue weighted by atomic mass is 79.9. The largest absolute Gasteiger partial charge is 0.381 e. The van der Waals surface area contributed by atoms with Crippen LogP contribution in [0.4, 0.5) is 5.82 Å². The zero-order valence-electron chi connectivity index (χ0n) is 17.0. The third-order valence-corrected chi connectivity index (χ3v) is 6.86. The smallest absolute Gasteiger partial charge is 0.171 e. The van der Waals surface area contributed by atoms with Crippen molar-refractivity contribution >= 4 is 27.4 Å². The number of fused-ring (bicyclic) bond motifs is 1. The summed E-state index contributed by atoms with van der Waals surface area (Å²) in [4.78, 5) is 11.8. The monoisotopic (exact) mass is 470 g/mol. The van der Waals surface area contributed by atoms with Crippen LogP contribution >= 0.6 is 15.9 Å². The van der Waals surface area contributed by atoms with E-state index in [2.05, 4.69) is 48.4 Å². The van der Waals surface area contributed by atoms with Gasteiger partial charge in [-0.05, 0) is 66.3 Å². The fraction of sp³-hybridized carbons (Fsp3) is 0.500. The molecule has 0 aromatic carbocycles. The molecule has 3 aromatic rings. The summed E-state index contributed by atoms with van der Waals surface area (Å²) in [6.45, 7) is 4.79. The lowest BCUT2D eigenvalue weighted by Gasteiger charge is -2.39. The van der Waals surface area contributed by atoms with Gasteiger partial charge in [0, 0.05) is 55.9 Å². The van der Waals surface area contributed by atoms with Crippen molar-refractivity contribution in [2.75, 3.05) is 31.6 Å². The van der Waals surface area contributed by atoms with Crippen LogP contribution in [0.2, 0.25) is 0 Å². The Labute approximate surface area is 185 Å². The van der Waals surface area contributed by atoms with Crippen LogP contribution in [0.15, 0.2) is 41.3 Å². The molecule has 158 valence electrons. The normalized spacial score (nSPS) is 19.4. The minimum atomic E-state index is 0.479. The summed E-state index contributed by atoms with van der Waals surface area (Å²) in [5, 5.41) is 8.03. The van der Waals surface area contributed by atoms with Crippen LogP contribution in [0.3, 0.4) is 0 Å². The molecule has 2 aliphatic heterocycles. The molecule has 7 nitrogen and oxygen atoms in total. The summed E-state index contributed by atoms with van der Waals surface area (Å²) in [6.07, 6.45) is 10.1. The Morgan fingerprint density at radius 1 is 1.13 bits per heavy atom. The Morgan fingerprint density at radius 3 is 2.73 bits per heavy atom. The molecule has 2 saturated heterocycles. The number of nitrogens with zero attached hydrogens (tertiary/aromatic N) is 5. The minimum Gasteiger partial charge on any atom is -0.381 e. The molecule has 3 aromatic heterocycles. The van der Waals surface area contributed by atoms with Gasteiger partial charge in [0.2, 0.25) is 0 Å². The van der Waals surface area contributed by atoms with Crippen molar-refractivity contribution in [3.8, 4) is 0 Å². The lowest BCUT2D eigenvalue weighted by Crippen LogP contribution is -2.43. The van der Waals surface area contributed by atoms with E-state index >= 15 is 0 Å². The van der Waals surface area contributed by atoms with E-state index in [1.165, 1.54) is 12.8 Å². The number of piperidine rings is 1. The molecule has 0 bridgehead atoms. The Balaban J connectivity index is 1.33. The number of rotatable bonds is 5. The molecule has 0 atom stereocenters. The SMILES string of the molecule is Brc1cnn2c(NCc3cccnc3)cc(C3CCN(C4CCOCC4)CC3)nc12. The first-order valence-corrected chi connectivity index (χ1v) is 11.6. The van der Waals surface area contributed by atoms with Gasteiger partial charge in [-0.2, -0.15) is 9.61 Å². The highest BCUT2D eigenvalue weighted by molar-refractivity contribution is 9.10. The molecule has 2 fully saturated rings. The van der Waals surface area contributed by atoms with Crippen LogP contribution in [-0.4, -0.2) is 56.8 Å². The first-order valence-electron chi connectivity index (χ1n) is 10.8. The van der Waals surface area contributed by atoms with Crippen LogP contribution < -0.4 is 5.32 Å². The second kappa shape index (κ2) is 8.99. The predicted octanol–water partition coefficient (Wildman–Crippen LogP) is 3.86. The molecule has 0 aliphatic carbocycles. The van der Waals surface area contributed by atoms with E-state index in [0.717, 1.165) is 66.3 Å². The van der Waals surface area contributed by atoms with Gasteiger partial charge in [-0.3, -0.25) is 4.98 Å². The summed E-state index contributed by atoms with van der Waals surface area (Å²) in [5.74, 6) is 1.45. The average Bonchev–Trinajstić information content (AvgIpc) is 3.20. The molecule has 30 heavy (non-hydrogen) atoms. The first-order chi connectivity index (χ1) is 14.8. The van der Waals surface area contributed by atoms with E-state index < -0.39 is 0 Å². The number of likely N-dealkylation sites (tertiary alicyclic amines) is 1. The van der Waals surface area contributed by atoms with Crippen LogP contribution in [0, 0.1) is 0 Å². The fourth-order valence-electron chi connectivity index (χ4n) is 4.60. The van der Waals surface area contributed by atoms with Gasteiger partial charge < -0.3 is 15.0 Å². The molecule has 0 spiro atoms. The summed E-state index contributed by atoms with van der Waals surface area (Å²) < 4.78 is 8.33. The number of pyridine rings is 1. The molecule has 5 rings (SSSR count). The molecule has 1 N–H and O–H groups in total. The van der Waals surface area contributed by atoms with E-state index in [4.69, 9.17) is 9.72 Å². The molecule has 5 heterocycles. The number of hydrogen-bond acceptors (Lipinski definition) is 6. The summed E-state index contributed by atoms with van der Waals surface area (Å²) in [7, 11) is 0. The average molecular weight is 471 g/mol. The van der Waals surface area contributed by atoms with Gasteiger partial charge in [0.25, 0.3) is 0 Å². The zero-order chi connectivity index (χ0) is 20.3. The van der Waals surface area contributed by atoms with E-state index in [0.29, 0.717) is 18.5 Å². The lowest BCUT2D eigenvalue weighted by molar-refractivity contribution is 0.0250. The maximum absolute atomic E-state index is 5.53. The van der Waals surface area contributed by atoms with E-state index in [1.807, 2.05) is 23.0 Å². The van der Waals surface area contributed by atoms with Gasteiger partial charge in [0.05, 0.1) is 10.7 Å². The fourth-order valence-corrected chi connectivity index (χ4v) is 4.94. The van der Waals surface area contributed by atoms with Crippen molar-refractivity contribution < 1.29 is 4.74 Å². The Kier molecular flexibility index (Phi) is 5.97. The van der Waals surface area contributed by atoms with Crippen LogP contribution in [0.5, 0.6) is 0 Å². The second-order valence-electron chi connectivity index (χ2n) is 8.16. The molecule has 0 saturated carbocycles. The van der Waals surface area contributed by atoms with E-state index in [-0.39, 0.29) is 0 Å². The van der Waals surface area contributed by atoms with Crippen molar-refractivity contribution in [2.45, 2.75) is 44.2 Å². The van der Waals surface area contributed by atoms with E-state index in [1.54, 1.807) is 6.20 Å². The van der Waals surface area contributed by atoms with Crippen molar-refractivity contribution in [3.63, 3.8) is 0 Å². The van der Waals surface area contributed by atoms with Gasteiger partial charge in [-0.25, -0.2) is 4.98 Å². The van der Waals surface area contributed by atoms with Gasteiger partial charge in [0.1, 0.15) is 5.82 Å². The molecular formula is C22H27BrN6O. The van der Waals surface area contributed by atoms with Crippen LogP contribution in [-0.2, 0) is 11.3 Å². The third-order valence-electron chi connectivity index (χ3n) is 6.30. The second-order valence-corrected chi connectivity index (χ2v) is 9.02. The van der Waals surface area contributed by atoms with Gasteiger partial charge in [0.15, 0.2) is 5.65 Å². The molecular weight excluding hydrogens is 444 g/mol. The van der Waals surface area contributed by atoms with Crippen molar-refractivity contribution in [3.05, 3.63) is 52.5 Å². The molecule has 0 unspecified atom stereocenters. The summed E-state index contributed by atoms with van der Waals surface area (Å²) in [5.41, 5.74) is 3.16. The molecule has 2 aliphatic rings. The topological polar surface area (TPSA) is 67.6 Å². The number of nitrogens with one attached hydrogen (secondary N) is 1. The van der Waals surface area contributed by atoms with Crippen LogP contribution in [0.25, 0.3) is 5.65 Å². The third kappa shape index (κ3) is 4.22. The maximum atomic E-state index is 5.53. The van der Waals surface area contributed by atoms with Crippen molar-refractivity contribution in [2.24, 2.45) is 0 Å². The zero-order valence-corrected chi connectivity index (χ0v) is 18.6. The van der Waals surface area contributed by atoms with Gasteiger partial charge >= 0.3 is 0 Å². The molecule has 0 amide bonds. The van der Waals surface area contributed by atoms with Crippen LogP contribution in [0.1, 0.15) is 42.9 Å². The number of hydrogen-bond donors (Lipinski definition) is 1. The minimum absolute atomic E-state index is 0.479. The van der Waals surface area contributed by atoms with Gasteiger partial charge in [-0.15, -0.1) is 0 Å². The Bertz CT molecular complexity index is 980. The standard InChI is InChI=1S/C22H27BrN6O/c23-19-15-26-29-21(25-14-16-2-1-7-24-13-16)12-20(27-22(19)29)17-3-8-28(9-4-17)18-5-10-30-11-6-18/h1-2,7,12-13,15,17-18,25H,3-6,8-11,14H2. The number of ether oxygens (including phenoxy) is 1. The highest BCUT2D eigenvalue weighted by Crippen LogP contribution is 2.32. The predicted molar refractivity (Wildman–Crippen MR) is 120 cm³/mol. The Morgan fingerprint density at radius 2 is 1.97 bits per heavy atom. The van der Waals surface area contributed by atoms with Crippen molar-refractivity contribution in [1.29, 1.82) is 0 Å². The Hall–Kier alpha value is -2.03. The number of aromatic nitrogens is 4. The summed E-state index contributed by atoms with van der Waals surface area (Å²) >= 11 is 3.61. The molecule has 8 heteroatoms. The quantitative estimate of drug-likeness (QED) is 0.610. The van der Waals surface area contributed by atoms with E-state index in [9.17, 15) is 0 Å². The summed E-state index contributed by atoms with van der Waals surface area (Å²) in [6, 6.07) is 6.90. The number of anilines is 1. The molecule has 0 radical (unpaired) electrons. The lowest BCUT2D eigenvalue weighted by atomic mass is 9.91. The highest BCUT2D eigenvalue weighted by Gasteiger charge is 2.28. The number of halogens is 1. The van der Waals surface area contributed by atoms with Crippen molar-refractivity contribution in [1.82, 2.24) is 24.5 Å².